The molecule has 1 aromatic rings. The number of methoxy groups -OCH3 is 2. The number of benzene rings is 1. The molecular weight excluding hydrogens is 316 g/mol. The fourth-order valence-corrected chi connectivity index (χ4v) is 4.05. The highest BCUT2D eigenvalue weighted by atomic mass is 16.5. The van der Waals surface area contributed by atoms with E-state index in [0.717, 1.165) is 50.3 Å². The minimum absolute atomic E-state index is 0.575. The minimum Gasteiger partial charge on any atom is -0.497 e. The summed E-state index contributed by atoms with van der Waals surface area (Å²) in [6, 6.07) is 7.30. The van der Waals surface area contributed by atoms with Gasteiger partial charge in [0.1, 0.15) is 11.5 Å². The number of hydrogen-bond acceptors (Lipinski definition) is 5. The Kier molecular flexibility index (Phi) is 6.57. The first kappa shape index (κ1) is 18.5. The zero-order valence-electron chi connectivity index (χ0n) is 15.8. The van der Waals surface area contributed by atoms with Gasteiger partial charge in [0.2, 0.25) is 0 Å². The van der Waals surface area contributed by atoms with Crippen molar-refractivity contribution in [1.82, 2.24) is 10.2 Å². The smallest absolute Gasteiger partial charge is 0.122 e. The fraction of sp³-hybridized carbons (Fsp3) is 0.700. The van der Waals surface area contributed by atoms with Crippen LogP contribution in [0, 0.1) is 5.92 Å². The molecule has 0 saturated carbocycles. The maximum atomic E-state index is 5.48. The lowest BCUT2D eigenvalue weighted by Crippen LogP contribution is -2.43. The van der Waals surface area contributed by atoms with E-state index in [0.29, 0.717) is 12.1 Å². The molecule has 2 aliphatic heterocycles. The Balaban J connectivity index is 1.51. The van der Waals surface area contributed by atoms with Crippen LogP contribution in [-0.4, -0.2) is 57.5 Å². The van der Waals surface area contributed by atoms with Gasteiger partial charge >= 0.3 is 0 Å². The second-order valence-corrected chi connectivity index (χ2v) is 7.35. The van der Waals surface area contributed by atoms with Crippen molar-refractivity contribution in [2.45, 2.75) is 44.8 Å². The van der Waals surface area contributed by atoms with Crippen LogP contribution in [0.5, 0.6) is 11.5 Å². The lowest BCUT2D eigenvalue weighted by Gasteiger charge is -2.30. The first-order valence-electron chi connectivity index (χ1n) is 9.46. The molecule has 2 heterocycles. The lowest BCUT2D eigenvalue weighted by atomic mass is 9.92. The fourth-order valence-electron chi connectivity index (χ4n) is 4.05. The van der Waals surface area contributed by atoms with Gasteiger partial charge in [-0.1, -0.05) is 0 Å². The van der Waals surface area contributed by atoms with Crippen LogP contribution in [0.1, 0.15) is 31.7 Å². The summed E-state index contributed by atoms with van der Waals surface area (Å²) < 4.78 is 16.2. The van der Waals surface area contributed by atoms with Gasteiger partial charge in [-0.3, -0.25) is 4.90 Å². The molecule has 5 heteroatoms. The maximum absolute atomic E-state index is 5.48. The van der Waals surface area contributed by atoms with Crippen LogP contribution < -0.4 is 14.8 Å². The first-order chi connectivity index (χ1) is 12.2. The summed E-state index contributed by atoms with van der Waals surface area (Å²) in [6.07, 6.45) is 3.59. The Morgan fingerprint density at radius 1 is 1.12 bits per heavy atom. The number of nitrogens with one attached hydrogen (secondary N) is 1. The standard InChI is InChI=1S/C20H32N2O3/c1-15(17-5-8-25-9-6-17)21-18-4-7-22(14-18)13-16-10-19(23-2)12-20(11-16)24-3/h10-12,15,17-18,21H,4-9,13-14H2,1-3H3/t15-,18+/m0/s1. The third-order valence-corrected chi connectivity index (χ3v) is 5.56. The number of rotatable bonds is 7. The van der Waals surface area contributed by atoms with Gasteiger partial charge in [-0.2, -0.15) is 0 Å². The molecule has 0 aliphatic carbocycles. The molecular formula is C20H32N2O3. The summed E-state index contributed by atoms with van der Waals surface area (Å²) in [7, 11) is 3.40. The monoisotopic (exact) mass is 348 g/mol. The normalized spacial score (nSPS) is 23.6. The number of hydrogen-bond donors (Lipinski definition) is 1. The molecule has 0 radical (unpaired) electrons. The third-order valence-electron chi connectivity index (χ3n) is 5.56. The van der Waals surface area contributed by atoms with Crippen molar-refractivity contribution in [3.05, 3.63) is 23.8 Å². The van der Waals surface area contributed by atoms with Crippen molar-refractivity contribution >= 4 is 0 Å². The van der Waals surface area contributed by atoms with Gasteiger partial charge in [-0.05, 0) is 49.8 Å². The van der Waals surface area contributed by atoms with Crippen molar-refractivity contribution in [2.75, 3.05) is 40.5 Å². The van der Waals surface area contributed by atoms with Crippen molar-refractivity contribution in [3.63, 3.8) is 0 Å². The molecule has 2 saturated heterocycles. The van der Waals surface area contributed by atoms with Gasteiger partial charge in [0, 0.05) is 51.0 Å². The lowest BCUT2D eigenvalue weighted by molar-refractivity contribution is 0.0545. The Bertz CT molecular complexity index is 523. The van der Waals surface area contributed by atoms with Crippen LogP contribution in [0.4, 0.5) is 0 Å². The summed E-state index contributed by atoms with van der Waals surface area (Å²) >= 11 is 0. The molecule has 5 nitrogen and oxygen atoms in total. The van der Waals surface area contributed by atoms with Gasteiger partial charge in [0.25, 0.3) is 0 Å². The molecule has 0 unspecified atom stereocenters. The molecule has 0 bridgehead atoms. The molecule has 2 aliphatic rings. The zero-order valence-corrected chi connectivity index (χ0v) is 15.8. The van der Waals surface area contributed by atoms with Crippen LogP contribution in [0.25, 0.3) is 0 Å². The Morgan fingerprint density at radius 2 is 1.80 bits per heavy atom. The molecule has 0 amide bonds. The van der Waals surface area contributed by atoms with E-state index in [1.54, 1.807) is 14.2 Å². The van der Waals surface area contributed by atoms with Crippen molar-refractivity contribution in [1.29, 1.82) is 0 Å². The highest BCUT2D eigenvalue weighted by Gasteiger charge is 2.27. The number of nitrogens with zero attached hydrogens (tertiary/aromatic N) is 1. The van der Waals surface area contributed by atoms with Gasteiger partial charge in [-0.25, -0.2) is 0 Å². The molecule has 3 rings (SSSR count). The van der Waals surface area contributed by atoms with E-state index in [9.17, 15) is 0 Å². The molecule has 2 fully saturated rings. The quantitative estimate of drug-likeness (QED) is 0.821. The summed E-state index contributed by atoms with van der Waals surface area (Å²) in [4.78, 5) is 2.52. The average Bonchev–Trinajstić information content (AvgIpc) is 3.08. The van der Waals surface area contributed by atoms with Gasteiger partial charge in [-0.15, -0.1) is 0 Å². The van der Waals surface area contributed by atoms with Crippen LogP contribution in [0.15, 0.2) is 18.2 Å². The summed E-state index contributed by atoms with van der Waals surface area (Å²) in [6.45, 7) is 7.37. The second kappa shape index (κ2) is 8.88. The molecule has 2 atom stereocenters. The third kappa shape index (κ3) is 5.09. The van der Waals surface area contributed by atoms with E-state index in [-0.39, 0.29) is 0 Å². The van der Waals surface area contributed by atoms with E-state index in [1.807, 2.05) is 6.07 Å². The van der Waals surface area contributed by atoms with Crippen molar-refractivity contribution < 1.29 is 14.2 Å². The highest BCUT2D eigenvalue weighted by molar-refractivity contribution is 5.38. The van der Waals surface area contributed by atoms with E-state index in [1.165, 1.54) is 24.8 Å². The van der Waals surface area contributed by atoms with Crippen LogP contribution in [-0.2, 0) is 11.3 Å². The largest absolute Gasteiger partial charge is 0.497 e. The van der Waals surface area contributed by atoms with Crippen LogP contribution in [0.2, 0.25) is 0 Å². The molecule has 0 aromatic heterocycles. The van der Waals surface area contributed by atoms with E-state index in [4.69, 9.17) is 14.2 Å². The summed E-state index contributed by atoms with van der Waals surface area (Å²) in [5, 5.41) is 3.86. The van der Waals surface area contributed by atoms with E-state index < -0.39 is 0 Å². The van der Waals surface area contributed by atoms with Crippen molar-refractivity contribution in [2.24, 2.45) is 5.92 Å². The van der Waals surface area contributed by atoms with Crippen LogP contribution in [0.3, 0.4) is 0 Å². The predicted octanol–water partition coefficient (Wildman–Crippen LogP) is 2.68. The second-order valence-electron chi connectivity index (χ2n) is 7.35. The molecule has 25 heavy (non-hydrogen) atoms. The summed E-state index contributed by atoms with van der Waals surface area (Å²) in [5.74, 6) is 2.47. The van der Waals surface area contributed by atoms with Gasteiger partial charge in [0.15, 0.2) is 0 Å². The van der Waals surface area contributed by atoms with E-state index >= 15 is 0 Å². The van der Waals surface area contributed by atoms with Crippen molar-refractivity contribution in [3.8, 4) is 11.5 Å². The molecule has 1 N–H and O–H groups in total. The molecule has 1 aromatic carbocycles. The number of likely N-dealkylation sites (tertiary alicyclic amines) is 1. The maximum Gasteiger partial charge on any atom is 0.122 e. The topological polar surface area (TPSA) is 43.0 Å². The van der Waals surface area contributed by atoms with Gasteiger partial charge < -0.3 is 19.5 Å². The van der Waals surface area contributed by atoms with Crippen LogP contribution >= 0.6 is 0 Å². The Hall–Kier alpha value is -1.30. The Labute approximate surface area is 151 Å². The average molecular weight is 348 g/mol. The SMILES string of the molecule is COc1cc(CN2CC[C@@H](N[C@@H](C)C3CCOCC3)C2)cc(OC)c1. The van der Waals surface area contributed by atoms with E-state index in [2.05, 4.69) is 29.3 Å². The molecule has 0 spiro atoms. The first-order valence-corrected chi connectivity index (χ1v) is 9.46. The predicted molar refractivity (Wildman–Crippen MR) is 99.4 cm³/mol. The molecule has 140 valence electrons. The van der Waals surface area contributed by atoms with Gasteiger partial charge in [0.05, 0.1) is 14.2 Å². The minimum atomic E-state index is 0.575. The zero-order chi connectivity index (χ0) is 17.6. The summed E-state index contributed by atoms with van der Waals surface area (Å²) in [5.41, 5.74) is 1.24. The Morgan fingerprint density at radius 3 is 2.44 bits per heavy atom. The number of ether oxygens (including phenoxy) is 3. The highest BCUT2D eigenvalue weighted by Crippen LogP contribution is 2.25.